The van der Waals surface area contributed by atoms with Gasteiger partial charge in [-0.3, -0.25) is 9.59 Å². The number of amides is 2. The number of nitrogens with zero attached hydrogens (tertiary/aromatic N) is 1. The normalized spacial score (nSPS) is 14.6. The molecule has 1 fully saturated rings. The Balaban J connectivity index is 1.84. The third-order valence-electron chi connectivity index (χ3n) is 3.68. The molecular weight excluding hydrogens is 254 g/mol. The Morgan fingerprint density at radius 2 is 2.00 bits per heavy atom. The zero-order valence-corrected chi connectivity index (χ0v) is 11.8. The summed E-state index contributed by atoms with van der Waals surface area (Å²) < 4.78 is 0. The first kappa shape index (κ1) is 14.5. The van der Waals surface area contributed by atoms with Gasteiger partial charge in [0.25, 0.3) is 0 Å². The van der Waals surface area contributed by atoms with Crippen LogP contribution in [0.2, 0.25) is 0 Å². The summed E-state index contributed by atoms with van der Waals surface area (Å²) in [5.74, 6) is -0.259. The Morgan fingerprint density at radius 3 is 2.60 bits per heavy atom. The minimum absolute atomic E-state index is 0.161. The van der Waals surface area contributed by atoms with E-state index in [4.69, 9.17) is 5.73 Å². The topological polar surface area (TPSA) is 75.4 Å². The van der Waals surface area contributed by atoms with Crippen LogP contribution in [0.3, 0.4) is 0 Å². The third-order valence-corrected chi connectivity index (χ3v) is 3.68. The zero-order valence-electron chi connectivity index (χ0n) is 11.8. The van der Waals surface area contributed by atoms with Gasteiger partial charge in [-0.05, 0) is 43.0 Å². The van der Waals surface area contributed by atoms with Gasteiger partial charge in [-0.25, -0.2) is 0 Å². The van der Waals surface area contributed by atoms with Gasteiger partial charge in [-0.1, -0.05) is 6.07 Å². The van der Waals surface area contributed by atoms with Crippen LogP contribution in [-0.2, 0) is 11.3 Å². The molecule has 5 heteroatoms. The van der Waals surface area contributed by atoms with Gasteiger partial charge in [-0.15, -0.1) is 0 Å². The Labute approximate surface area is 119 Å². The van der Waals surface area contributed by atoms with Crippen molar-refractivity contribution < 1.29 is 9.59 Å². The van der Waals surface area contributed by atoms with Crippen molar-refractivity contribution in [2.75, 3.05) is 19.6 Å². The van der Waals surface area contributed by atoms with Crippen molar-refractivity contribution in [3.63, 3.8) is 0 Å². The Morgan fingerprint density at radius 1 is 1.30 bits per heavy atom. The van der Waals surface area contributed by atoms with Gasteiger partial charge in [0.05, 0.1) is 6.54 Å². The third kappa shape index (κ3) is 3.57. The first-order valence-electron chi connectivity index (χ1n) is 6.96. The average molecular weight is 275 g/mol. The second kappa shape index (κ2) is 6.52. The molecule has 3 N–H and O–H groups in total. The van der Waals surface area contributed by atoms with Crippen molar-refractivity contribution >= 4 is 11.8 Å². The minimum atomic E-state index is -0.420. The molecule has 0 bridgehead atoms. The van der Waals surface area contributed by atoms with Crippen molar-refractivity contribution in [2.24, 2.45) is 5.73 Å². The van der Waals surface area contributed by atoms with Gasteiger partial charge in [0.2, 0.25) is 11.8 Å². The van der Waals surface area contributed by atoms with Crippen molar-refractivity contribution in [2.45, 2.75) is 26.3 Å². The molecule has 1 heterocycles. The summed E-state index contributed by atoms with van der Waals surface area (Å²) >= 11 is 0. The van der Waals surface area contributed by atoms with E-state index in [2.05, 4.69) is 5.32 Å². The molecule has 20 heavy (non-hydrogen) atoms. The summed E-state index contributed by atoms with van der Waals surface area (Å²) in [4.78, 5) is 24.8. The van der Waals surface area contributed by atoms with Crippen LogP contribution >= 0.6 is 0 Å². The molecule has 5 nitrogen and oxygen atoms in total. The van der Waals surface area contributed by atoms with E-state index < -0.39 is 5.91 Å². The van der Waals surface area contributed by atoms with Crippen LogP contribution in [0.15, 0.2) is 18.2 Å². The fraction of sp³-hybridized carbons (Fsp3) is 0.467. The minimum Gasteiger partial charge on any atom is -0.366 e. The van der Waals surface area contributed by atoms with Gasteiger partial charge >= 0.3 is 0 Å². The largest absolute Gasteiger partial charge is 0.366 e. The molecule has 1 aromatic rings. The van der Waals surface area contributed by atoms with E-state index in [9.17, 15) is 9.59 Å². The summed E-state index contributed by atoms with van der Waals surface area (Å²) in [5, 5.41) is 3.16. The van der Waals surface area contributed by atoms with Crippen molar-refractivity contribution in [3.05, 3.63) is 34.9 Å². The molecule has 0 aromatic heterocycles. The van der Waals surface area contributed by atoms with E-state index in [1.807, 2.05) is 17.9 Å². The number of hydrogen-bond acceptors (Lipinski definition) is 3. The monoisotopic (exact) mass is 275 g/mol. The molecule has 1 aliphatic rings. The molecule has 0 aliphatic carbocycles. The van der Waals surface area contributed by atoms with Crippen LogP contribution in [0.25, 0.3) is 0 Å². The second-order valence-electron chi connectivity index (χ2n) is 5.20. The van der Waals surface area contributed by atoms with E-state index in [1.54, 1.807) is 12.1 Å². The number of carbonyl (C=O) groups excluding carboxylic acids is 2. The Kier molecular flexibility index (Phi) is 4.74. The van der Waals surface area contributed by atoms with Crippen LogP contribution in [0.1, 0.15) is 34.3 Å². The molecule has 0 unspecified atom stereocenters. The number of rotatable bonds is 5. The fourth-order valence-corrected chi connectivity index (χ4v) is 2.43. The van der Waals surface area contributed by atoms with Gasteiger partial charge < -0.3 is 16.0 Å². The van der Waals surface area contributed by atoms with Crippen LogP contribution in [-0.4, -0.2) is 36.3 Å². The standard InChI is InChI=1S/C15H21N3O2/c1-11-8-12(15(16)20)4-5-13(11)9-17-10-14(19)18-6-2-3-7-18/h4-5,8,17H,2-3,6-7,9-10H2,1H3,(H2,16,20). The van der Waals surface area contributed by atoms with Crippen molar-refractivity contribution in [1.82, 2.24) is 10.2 Å². The highest BCUT2D eigenvalue weighted by atomic mass is 16.2. The highest BCUT2D eigenvalue weighted by molar-refractivity contribution is 5.93. The first-order valence-corrected chi connectivity index (χ1v) is 6.96. The number of benzene rings is 1. The Bertz CT molecular complexity index is 508. The number of carbonyl (C=O) groups is 2. The zero-order chi connectivity index (χ0) is 14.5. The molecule has 0 spiro atoms. The number of nitrogens with two attached hydrogens (primary N) is 1. The maximum absolute atomic E-state index is 11.9. The molecule has 1 aliphatic heterocycles. The number of likely N-dealkylation sites (tertiary alicyclic amines) is 1. The van der Waals surface area contributed by atoms with Crippen molar-refractivity contribution in [1.29, 1.82) is 0 Å². The summed E-state index contributed by atoms with van der Waals surface area (Å²) in [7, 11) is 0. The predicted molar refractivity (Wildman–Crippen MR) is 77.2 cm³/mol. The summed E-state index contributed by atoms with van der Waals surface area (Å²) in [6.07, 6.45) is 2.22. The van der Waals surface area contributed by atoms with E-state index in [1.165, 1.54) is 0 Å². The van der Waals surface area contributed by atoms with E-state index >= 15 is 0 Å². The van der Waals surface area contributed by atoms with Crippen LogP contribution in [0.4, 0.5) is 0 Å². The number of aryl methyl sites for hydroxylation is 1. The van der Waals surface area contributed by atoms with Crippen LogP contribution < -0.4 is 11.1 Å². The van der Waals surface area contributed by atoms with Gasteiger partial charge in [0.1, 0.15) is 0 Å². The highest BCUT2D eigenvalue weighted by Gasteiger charge is 2.17. The van der Waals surface area contributed by atoms with E-state index in [-0.39, 0.29) is 5.91 Å². The molecular formula is C15H21N3O2. The molecule has 108 valence electrons. The Hall–Kier alpha value is -1.88. The van der Waals surface area contributed by atoms with Gasteiger partial charge in [0.15, 0.2) is 0 Å². The molecule has 0 radical (unpaired) electrons. The lowest BCUT2D eigenvalue weighted by Gasteiger charge is -2.16. The van der Waals surface area contributed by atoms with Crippen molar-refractivity contribution in [3.8, 4) is 0 Å². The van der Waals surface area contributed by atoms with Crippen LogP contribution in [0.5, 0.6) is 0 Å². The molecule has 2 amide bonds. The first-order chi connectivity index (χ1) is 9.58. The van der Waals surface area contributed by atoms with Gasteiger partial charge in [-0.2, -0.15) is 0 Å². The number of hydrogen-bond donors (Lipinski definition) is 2. The maximum Gasteiger partial charge on any atom is 0.248 e. The highest BCUT2D eigenvalue weighted by Crippen LogP contribution is 2.11. The summed E-state index contributed by atoms with van der Waals surface area (Å²) in [6, 6.07) is 5.37. The molecule has 2 rings (SSSR count). The summed E-state index contributed by atoms with van der Waals surface area (Å²) in [6.45, 7) is 4.67. The predicted octanol–water partition coefficient (Wildman–Crippen LogP) is 0.806. The lowest BCUT2D eigenvalue weighted by molar-refractivity contribution is -0.129. The number of nitrogens with one attached hydrogen (secondary N) is 1. The lowest BCUT2D eigenvalue weighted by Crippen LogP contribution is -2.36. The van der Waals surface area contributed by atoms with Gasteiger partial charge in [0, 0.05) is 25.2 Å². The molecule has 0 saturated carbocycles. The van der Waals surface area contributed by atoms with E-state index in [0.717, 1.165) is 37.1 Å². The summed E-state index contributed by atoms with van der Waals surface area (Å²) in [5.41, 5.74) is 7.83. The van der Waals surface area contributed by atoms with Crippen LogP contribution in [0, 0.1) is 6.92 Å². The molecule has 1 saturated heterocycles. The SMILES string of the molecule is Cc1cc(C(N)=O)ccc1CNCC(=O)N1CCCC1. The quantitative estimate of drug-likeness (QED) is 0.835. The average Bonchev–Trinajstić information content (AvgIpc) is 2.94. The number of primary amides is 1. The fourth-order valence-electron chi connectivity index (χ4n) is 2.43. The smallest absolute Gasteiger partial charge is 0.248 e. The maximum atomic E-state index is 11.9. The molecule has 0 atom stereocenters. The lowest BCUT2D eigenvalue weighted by atomic mass is 10.0. The second-order valence-corrected chi connectivity index (χ2v) is 5.20. The van der Waals surface area contributed by atoms with E-state index in [0.29, 0.717) is 18.7 Å². The molecule has 1 aromatic carbocycles.